The third-order valence-electron chi connectivity index (χ3n) is 5.32. The zero-order valence-electron chi connectivity index (χ0n) is 22.0. The second kappa shape index (κ2) is 15.2. The van der Waals surface area contributed by atoms with Gasteiger partial charge in [0.15, 0.2) is 18.1 Å². The molecule has 210 valence electrons. The first-order valence-corrected chi connectivity index (χ1v) is 14.0. The minimum atomic E-state index is -0.906. The van der Waals surface area contributed by atoms with Crippen molar-refractivity contribution in [2.75, 3.05) is 25.6 Å². The van der Waals surface area contributed by atoms with Crippen molar-refractivity contribution in [3.05, 3.63) is 79.3 Å². The van der Waals surface area contributed by atoms with Gasteiger partial charge in [-0.1, -0.05) is 28.1 Å². The lowest BCUT2D eigenvalue weighted by molar-refractivity contribution is -0.139. The molecular weight excluding hydrogens is 695 g/mol. The molecule has 0 spiro atoms. The molecule has 0 aliphatic rings. The molecule has 0 bridgehead atoms. The van der Waals surface area contributed by atoms with Gasteiger partial charge in [-0.15, -0.1) is 0 Å². The van der Waals surface area contributed by atoms with Crippen LogP contribution in [-0.2, 0) is 20.9 Å². The third kappa shape index (κ3) is 9.23. The van der Waals surface area contributed by atoms with E-state index < -0.39 is 11.8 Å². The quantitative estimate of drug-likeness (QED) is 0.115. The summed E-state index contributed by atoms with van der Waals surface area (Å²) in [5.41, 5.74) is 5.27. The summed E-state index contributed by atoms with van der Waals surface area (Å²) in [7, 11) is 1.57. The Balaban J connectivity index is 1.56. The van der Waals surface area contributed by atoms with Crippen molar-refractivity contribution in [2.24, 2.45) is 5.10 Å². The number of nitrogens with one attached hydrogen (secondary N) is 3. The molecule has 3 rings (SSSR count). The van der Waals surface area contributed by atoms with E-state index in [1.165, 1.54) is 6.21 Å². The summed E-state index contributed by atoms with van der Waals surface area (Å²) in [6.45, 7) is 4.08. The number of amides is 3. The van der Waals surface area contributed by atoms with Crippen molar-refractivity contribution < 1.29 is 28.6 Å². The number of halogens is 2. The van der Waals surface area contributed by atoms with E-state index in [1.54, 1.807) is 49.6 Å². The van der Waals surface area contributed by atoms with Gasteiger partial charge in [-0.3, -0.25) is 14.4 Å². The molecule has 0 unspecified atom stereocenters. The van der Waals surface area contributed by atoms with Gasteiger partial charge >= 0.3 is 11.8 Å². The van der Waals surface area contributed by atoms with Gasteiger partial charge in [0.1, 0.15) is 5.75 Å². The lowest BCUT2D eigenvalue weighted by Gasteiger charge is -2.15. The number of carbonyl (C=O) groups excluding carboxylic acids is 3. The van der Waals surface area contributed by atoms with Crippen LogP contribution in [0.4, 0.5) is 5.69 Å². The standard InChI is InChI=1S/C28H28BrIN4O6/c1-4-39-24-13-19(15-32-34-28(37)27(36)31-14-18-5-8-21(38-3)9-6-18)12-23(30)26(24)40-16-25(35)33-20-7-10-22(29)17(2)11-20/h5-13,15H,4,14,16H2,1-3H3,(H,31,36)(H,33,35)(H,34,37)/b32-15-. The van der Waals surface area contributed by atoms with E-state index in [0.717, 1.165) is 15.6 Å². The fourth-order valence-electron chi connectivity index (χ4n) is 3.34. The molecule has 0 saturated carbocycles. The van der Waals surface area contributed by atoms with Crippen LogP contribution in [-0.4, -0.2) is 44.3 Å². The molecule has 3 amide bonds. The SMILES string of the molecule is CCOc1cc(/C=N\NC(=O)C(=O)NCc2ccc(OC)cc2)cc(I)c1OCC(=O)Nc1ccc(Br)c(C)c1. The molecule has 0 aromatic heterocycles. The lowest BCUT2D eigenvalue weighted by atomic mass is 10.2. The summed E-state index contributed by atoms with van der Waals surface area (Å²) in [6, 6.07) is 16.0. The molecule has 40 heavy (non-hydrogen) atoms. The predicted molar refractivity (Wildman–Crippen MR) is 164 cm³/mol. The van der Waals surface area contributed by atoms with E-state index in [0.29, 0.717) is 38.7 Å². The van der Waals surface area contributed by atoms with E-state index >= 15 is 0 Å². The predicted octanol–water partition coefficient (Wildman–Crippen LogP) is 4.55. The highest BCUT2D eigenvalue weighted by Gasteiger charge is 2.15. The van der Waals surface area contributed by atoms with Crippen LogP contribution in [0.1, 0.15) is 23.6 Å². The largest absolute Gasteiger partial charge is 0.497 e. The summed E-state index contributed by atoms with van der Waals surface area (Å²) in [5, 5.41) is 9.22. The number of hydrogen-bond donors (Lipinski definition) is 3. The molecular formula is C28H28BrIN4O6. The molecule has 0 aliphatic heterocycles. The molecule has 12 heteroatoms. The Morgan fingerprint density at radius 2 is 1.77 bits per heavy atom. The van der Waals surface area contributed by atoms with Crippen LogP contribution in [0, 0.1) is 10.5 Å². The number of hydrogen-bond acceptors (Lipinski definition) is 7. The van der Waals surface area contributed by atoms with E-state index in [-0.39, 0.29) is 19.1 Å². The molecule has 0 aliphatic carbocycles. The van der Waals surface area contributed by atoms with Gasteiger partial charge in [0, 0.05) is 16.7 Å². The molecule has 10 nitrogen and oxygen atoms in total. The van der Waals surface area contributed by atoms with Crippen LogP contribution in [0.15, 0.2) is 64.2 Å². The fraction of sp³-hybridized carbons (Fsp3) is 0.214. The van der Waals surface area contributed by atoms with Gasteiger partial charge < -0.3 is 24.8 Å². The first-order valence-electron chi connectivity index (χ1n) is 12.1. The van der Waals surface area contributed by atoms with Crippen LogP contribution in [0.3, 0.4) is 0 Å². The Morgan fingerprint density at radius 3 is 2.45 bits per heavy atom. The third-order valence-corrected chi connectivity index (χ3v) is 7.01. The molecule has 0 fully saturated rings. The highest BCUT2D eigenvalue weighted by atomic mass is 127. The van der Waals surface area contributed by atoms with Gasteiger partial charge in [-0.25, -0.2) is 5.43 Å². The number of methoxy groups -OCH3 is 1. The molecule has 3 aromatic rings. The van der Waals surface area contributed by atoms with Gasteiger partial charge in [0.05, 0.1) is 23.5 Å². The summed E-state index contributed by atoms with van der Waals surface area (Å²) < 4.78 is 18.2. The Bertz CT molecular complexity index is 1400. The van der Waals surface area contributed by atoms with Crippen molar-refractivity contribution >= 4 is 68.1 Å². The average Bonchev–Trinajstić information content (AvgIpc) is 2.93. The number of benzene rings is 3. The Morgan fingerprint density at radius 1 is 1.02 bits per heavy atom. The van der Waals surface area contributed by atoms with E-state index in [1.807, 2.05) is 26.0 Å². The minimum Gasteiger partial charge on any atom is -0.497 e. The lowest BCUT2D eigenvalue weighted by Crippen LogP contribution is -2.37. The van der Waals surface area contributed by atoms with Crippen molar-refractivity contribution in [1.82, 2.24) is 10.7 Å². The summed E-state index contributed by atoms with van der Waals surface area (Å²) in [5.74, 6) is -0.538. The van der Waals surface area contributed by atoms with E-state index in [4.69, 9.17) is 14.2 Å². The van der Waals surface area contributed by atoms with Crippen molar-refractivity contribution in [3.63, 3.8) is 0 Å². The maximum atomic E-state index is 12.5. The number of aryl methyl sites for hydroxylation is 1. The van der Waals surface area contributed by atoms with Crippen LogP contribution in [0.2, 0.25) is 0 Å². The average molecular weight is 723 g/mol. The van der Waals surface area contributed by atoms with Crippen molar-refractivity contribution in [3.8, 4) is 17.2 Å². The normalized spacial score (nSPS) is 10.6. The van der Waals surface area contributed by atoms with Gasteiger partial charge in [0.25, 0.3) is 5.91 Å². The number of ether oxygens (including phenoxy) is 3. The van der Waals surface area contributed by atoms with Crippen LogP contribution < -0.4 is 30.3 Å². The van der Waals surface area contributed by atoms with Gasteiger partial charge in [-0.05, 0) is 95.6 Å². The number of carbonyl (C=O) groups is 3. The second-order valence-corrected chi connectivity index (χ2v) is 10.3. The first kappa shape index (κ1) is 30.9. The Labute approximate surface area is 254 Å². The first-order chi connectivity index (χ1) is 19.2. The van der Waals surface area contributed by atoms with E-state index in [9.17, 15) is 14.4 Å². The fourth-order valence-corrected chi connectivity index (χ4v) is 4.37. The number of anilines is 1. The monoisotopic (exact) mass is 722 g/mol. The Kier molecular flexibility index (Phi) is 11.8. The Hall–Kier alpha value is -3.65. The molecule has 3 N–H and O–H groups in total. The van der Waals surface area contributed by atoms with E-state index in [2.05, 4.69) is 59.7 Å². The minimum absolute atomic E-state index is 0.179. The maximum absolute atomic E-state index is 12.5. The highest BCUT2D eigenvalue weighted by molar-refractivity contribution is 14.1. The number of nitrogens with zero attached hydrogens (tertiary/aromatic N) is 1. The van der Waals surface area contributed by atoms with Crippen LogP contribution in [0.5, 0.6) is 17.2 Å². The summed E-state index contributed by atoms with van der Waals surface area (Å²) in [6.07, 6.45) is 1.38. The van der Waals surface area contributed by atoms with Crippen LogP contribution >= 0.6 is 38.5 Å². The smallest absolute Gasteiger partial charge is 0.329 e. The molecule has 0 heterocycles. The number of hydrazone groups is 1. The van der Waals surface area contributed by atoms with Gasteiger partial charge in [-0.2, -0.15) is 5.10 Å². The number of rotatable bonds is 11. The molecule has 0 saturated heterocycles. The molecule has 3 aromatic carbocycles. The van der Waals surface area contributed by atoms with Crippen LogP contribution in [0.25, 0.3) is 0 Å². The van der Waals surface area contributed by atoms with Crippen molar-refractivity contribution in [1.29, 1.82) is 0 Å². The topological polar surface area (TPSA) is 127 Å². The highest BCUT2D eigenvalue weighted by Crippen LogP contribution is 2.34. The summed E-state index contributed by atoms with van der Waals surface area (Å²) >= 11 is 5.50. The molecule has 0 atom stereocenters. The zero-order valence-corrected chi connectivity index (χ0v) is 25.8. The van der Waals surface area contributed by atoms with Crippen molar-refractivity contribution in [2.45, 2.75) is 20.4 Å². The van der Waals surface area contributed by atoms with Gasteiger partial charge in [0.2, 0.25) is 0 Å². The summed E-state index contributed by atoms with van der Waals surface area (Å²) in [4.78, 5) is 36.7. The second-order valence-electron chi connectivity index (χ2n) is 8.29. The molecule has 0 radical (unpaired) electrons. The zero-order chi connectivity index (χ0) is 29.1. The maximum Gasteiger partial charge on any atom is 0.329 e.